The van der Waals surface area contributed by atoms with Crippen LogP contribution in [0.25, 0.3) is 5.70 Å². The van der Waals surface area contributed by atoms with Crippen LogP contribution in [0.4, 0.5) is 5.95 Å². The van der Waals surface area contributed by atoms with E-state index in [2.05, 4.69) is 31.7 Å². The molecule has 9 nitrogen and oxygen atoms in total. The molecule has 0 amide bonds. The van der Waals surface area contributed by atoms with E-state index in [1.54, 1.807) is 6.20 Å². The highest BCUT2D eigenvalue weighted by Crippen LogP contribution is 2.28. The van der Waals surface area contributed by atoms with Crippen LogP contribution >= 0.6 is 0 Å². The van der Waals surface area contributed by atoms with Gasteiger partial charge >= 0.3 is 0 Å². The fourth-order valence-corrected chi connectivity index (χ4v) is 4.46. The second-order valence-electron chi connectivity index (χ2n) is 8.77. The number of allylic oxidation sites excluding steroid dienone is 1. The van der Waals surface area contributed by atoms with E-state index in [0.29, 0.717) is 18.5 Å². The molecule has 3 atom stereocenters. The summed E-state index contributed by atoms with van der Waals surface area (Å²) in [6, 6.07) is 12.2. The van der Waals surface area contributed by atoms with Gasteiger partial charge in [-0.25, -0.2) is 15.0 Å². The number of fused-ring (bicyclic) bond motifs is 1. The van der Waals surface area contributed by atoms with E-state index in [-0.39, 0.29) is 18.4 Å². The molecule has 1 saturated carbocycles. The molecule has 0 radical (unpaired) electrons. The van der Waals surface area contributed by atoms with Crippen LogP contribution in [-0.4, -0.2) is 45.7 Å². The lowest BCUT2D eigenvalue weighted by Gasteiger charge is -2.33. The maximum atomic E-state index is 6.02. The highest BCUT2D eigenvalue weighted by atomic mass is 15.4. The first-order chi connectivity index (χ1) is 16.7. The molecular weight excluding hydrogens is 426 g/mol. The summed E-state index contributed by atoms with van der Waals surface area (Å²) >= 11 is 0. The standard InChI is InChI=1S/C25H31N9/c26-14-21(18-4-2-1-3-5-18)33-25-29-11-10-20(32-25)22-16-31-24-23(28-12-13-34(22)24)30-15-17-6-8-19(27)9-7-17/h1-5,10-13,16,19,21,23-24,28,31H,6-9,14,26-27H2,(H,29,32,33). The van der Waals surface area contributed by atoms with Crippen molar-refractivity contribution in [3.63, 3.8) is 0 Å². The van der Waals surface area contributed by atoms with Crippen LogP contribution < -0.4 is 27.4 Å². The van der Waals surface area contributed by atoms with Gasteiger partial charge in [-0.3, -0.25) is 0 Å². The van der Waals surface area contributed by atoms with Crippen molar-refractivity contribution in [3.05, 3.63) is 78.0 Å². The monoisotopic (exact) mass is 457 g/mol. The zero-order chi connectivity index (χ0) is 23.3. The van der Waals surface area contributed by atoms with Crippen molar-refractivity contribution in [2.24, 2.45) is 16.5 Å². The molecule has 3 unspecified atom stereocenters. The summed E-state index contributed by atoms with van der Waals surface area (Å²) in [4.78, 5) is 16.0. The number of nitrogens with zero attached hydrogens (tertiary/aromatic N) is 4. The molecular formula is C25H31N9. The van der Waals surface area contributed by atoms with Crippen molar-refractivity contribution in [2.75, 3.05) is 11.9 Å². The van der Waals surface area contributed by atoms with Crippen molar-refractivity contribution >= 4 is 17.5 Å². The van der Waals surface area contributed by atoms with Crippen molar-refractivity contribution in [1.29, 1.82) is 0 Å². The summed E-state index contributed by atoms with van der Waals surface area (Å²) in [7, 11) is 0. The number of aromatic nitrogens is 2. The van der Waals surface area contributed by atoms with Crippen LogP contribution in [-0.2, 0) is 0 Å². The fraction of sp³-hybridized carbons (Fsp3) is 0.360. The fourth-order valence-electron chi connectivity index (χ4n) is 4.46. The molecule has 1 aromatic heterocycles. The Morgan fingerprint density at radius 3 is 2.79 bits per heavy atom. The van der Waals surface area contributed by atoms with Crippen molar-refractivity contribution in [2.45, 2.75) is 50.1 Å². The number of nitrogens with two attached hydrogens (primary N) is 2. The Balaban J connectivity index is 1.30. The van der Waals surface area contributed by atoms with Gasteiger partial charge in [-0.1, -0.05) is 30.3 Å². The lowest BCUT2D eigenvalue weighted by molar-refractivity contribution is 0.283. The van der Waals surface area contributed by atoms with E-state index in [0.717, 1.165) is 42.6 Å². The quantitative estimate of drug-likeness (QED) is 0.417. The molecule has 0 saturated heterocycles. The Bertz CT molecular complexity index is 1110. The minimum atomic E-state index is -0.166. The predicted molar refractivity (Wildman–Crippen MR) is 134 cm³/mol. The lowest BCUT2D eigenvalue weighted by atomic mass is 9.92. The molecule has 9 heteroatoms. The van der Waals surface area contributed by atoms with Gasteiger partial charge in [0.25, 0.3) is 0 Å². The largest absolute Gasteiger partial charge is 0.366 e. The first-order valence-electron chi connectivity index (χ1n) is 11.8. The molecule has 2 aromatic rings. The highest BCUT2D eigenvalue weighted by molar-refractivity contribution is 5.65. The van der Waals surface area contributed by atoms with Gasteiger partial charge in [0, 0.05) is 37.4 Å². The maximum Gasteiger partial charge on any atom is 0.223 e. The summed E-state index contributed by atoms with van der Waals surface area (Å²) in [5.41, 5.74) is 16.1. The van der Waals surface area contributed by atoms with E-state index in [4.69, 9.17) is 21.4 Å². The first-order valence-corrected chi connectivity index (χ1v) is 11.8. The zero-order valence-electron chi connectivity index (χ0n) is 19.1. The van der Waals surface area contributed by atoms with Gasteiger partial charge in [-0.2, -0.15) is 0 Å². The van der Waals surface area contributed by atoms with E-state index >= 15 is 0 Å². The number of hydrogen-bond acceptors (Lipinski definition) is 9. The molecule has 3 heterocycles. The Morgan fingerprint density at radius 2 is 2.00 bits per heavy atom. The SMILES string of the molecule is NCC(Nc1nccc(C2=CNC3C(N=C=C4CCC(N)CC4)NC=CN23)n1)c1ccccc1. The van der Waals surface area contributed by atoms with Crippen LogP contribution in [0.5, 0.6) is 0 Å². The first kappa shape index (κ1) is 22.2. The molecule has 3 aliphatic rings. The smallest absolute Gasteiger partial charge is 0.223 e. The van der Waals surface area contributed by atoms with Gasteiger partial charge in [0.05, 0.1) is 17.4 Å². The molecule has 176 valence electrons. The number of benzene rings is 1. The van der Waals surface area contributed by atoms with Gasteiger partial charge in [-0.05, 0) is 48.8 Å². The number of nitrogens with one attached hydrogen (secondary N) is 3. The number of anilines is 1. The topological polar surface area (TPSA) is 130 Å². The Hall–Kier alpha value is -3.65. The third-order valence-electron chi connectivity index (χ3n) is 6.42. The third-order valence-corrected chi connectivity index (χ3v) is 6.42. The Labute approximate surface area is 199 Å². The third kappa shape index (κ3) is 4.82. The van der Waals surface area contributed by atoms with Gasteiger partial charge in [0.1, 0.15) is 6.17 Å². The second-order valence-corrected chi connectivity index (χ2v) is 8.77. The van der Waals surface area contributed by atoms with Crippen LogP contribution in [0, 0.1) is 0 Å². The van der Waals surface area contributed by atoms with E-state index in [9.17, 15) is 0 Å². The molecule has 7 N–H and O–H groups in total. The minimum Gasteiger partial charge on any atom is -0.366 e. The average molecular weight is 458 g/mol. The second kappa shape index (κ2) is 10.1. The molecule has 5 rings (SSSR count). The van der Waals surface area contributed by atoms with Crippen molar-refractivity contribution < 1.29 is 0 Å². The van der Waals surface area contributed by atoms with Crippen molar-refractivity contribution in [1.82, 2.24) is 25.5 Å². The summed E-state index contributed by atoms with van der Waals surface area (Å²) in [5.74, 6) is 3.82. The zero-order valence-corrected chi connectivity index (χ0v) is 19.1. The Morgan fingerprint density at radius 1 is 1.18 bits per heavy atom. The predicted octanol–water partition coefficient (Wildman–Crippen LogP) is 2.02. The molecule has 1 aromatic carbocycles. The molecule has 34 heavy (non-hydrogen) atoms. The maximum absolute atomic E-state index is 6.02. The molecule has 0 bridgehead atoms. The number of rotatable bonds is 6. The summed E-state index contributed by atoms with van der Waals surface area (Å²) < 4.78 is 0. The lowest BCUT2D eigenvalue weighted by Crippen LogP contribution is -2.51. The summed E-state index contributed by atoms with van der Waals surface area (Å²) in [5, 5.41) is 10.1. The van der Waals surface area contributed by atoms with Gasteiger partial charge < -0.3 is 32.3 Å². The Kier molecular flexibility index (Phi) is 6.58. The number of aliphatic imine (C=N–C) groups is 1. The van der Waals surface area contributed by atoms with Gasteiger partial charge in [0.2, 0.25) is 5.95 Å². The van der Waals surface area contributed by atoms with E-state index in [1.165, 1.54) is 5.57 Å². The van der Waals surface area contributed by atoms with Crippen LogP contribution in [0.15, 0.2) is 71.8 Å². The summed E-state index contributed by atoms with van der Waals surface area (Å²) in [6.45, 7) is 0.436. The number of hydrogen-bond donors (Lipinski definition) is 5. The van der Waals surface area contributed by atoms with Crippen LogP contribution in [0.1, 0.15) is 43.0 Å². The molecule has 1 aliphatic carbocycles. The summed E-state index contributed by atoms with van der Waals surface area (Å²) in [6.07, 6.45) is 11.4. The molecule has 1 fully saturated rings. The normalized spacial score (nSPS) is 24.3. The van der Waals surface area contributed by atoms with Gasteiger partial charge in [-0.15, -0.1) is 0 Å². The molecule has 2 aliphatic heterocycles. The van der Waals surface area contributed by atoms with Gasteiger partial charge in [0.15, 0.2) is 6.17 Å². The van der Waals surface area contributed by atoms with Crippen LogP contribution in [0.3, 0.4) is 0 Å². The van der Waals surface area contributed by atoms with E-state index in [1.807, 2.05) is 55.0 Å². The average Bonchev–Trinajstić information content (AvgIpc) is 3.32. The minimum absolute atomic E-state index is 0.0635. The highest BCUT2D eigenvalue weighted by Gasteiger charge is 2.34. The van der Waals surface area contributed by atoms with E-state index < -0.39 is 0 Å². The molecule has 0 spiro atoms. The van der Waals surface area contributed by atoms with Crippen LogP contribution in [0.2, 0.25) is 0 Å². The van der Waals surface area contributed by atoms with Crippen molar-refractivity contribution in [3.8, 4) is 0 Å².